The highest BCUT2D eigenvalue weighted by Gasteiger charge is 2.12. The quantitative estimate of drug-likeness (QED) is 0.750. The second-order valence-corrected chi connectivity index (χ2v) is 6.08. The van der Waals surface area contributed by atoms with Crippen LogP contribution in [0.2, 0.25) is 0 Å². The molecule has 0 aliphatic rings. The molecule has 0 fully saturated rings. The van der Waals surface area contributed by atoms with E-state index in [0.717, 1.165) is 6.42 Å². The van der Waals surface area contributed by atoms with Gasteiger partial charge in [0.25, 0.3) is 0 Å². The zero-order valence-corrected chi connectivity index (χ0v) is 14.7. The molecule has 132 valence electrons. The third-order valence-electron chi connectivity index (χ3n) is 3.82. The Bertz CT molecular complexity index is 730. The number of ether oxygens (including phenoxy) is 1. The molecule has 1 heterocycles. The van der Waals surface area contributed by atoms with Gasteiger partial charge in [-0.15, -0.1) is 0 Å². The van der Waals surface area contributed by atoms with Crippen molar-refractivity contribution >= 4 is 12.0 Å². The molecule has 2 aromatic rings. The third kappa shape index (κ3) is 5.71. The lowest BCUT2D eigenvalue weighted by molar-refractivity contribution is -0.117. The highest BCUT2D eigenvalue weighted by molar-refractivity contribution is 5.91. The first-order valence-electron chi connectivity index (χ1n) is 8.35. The minimum absolute atomic E-state index is 0.112. The summed E-state index contributed by atoms with van der Waals surface area (Å²) in [5.41, 5.74) is 0.587. The van der Waals surface area contributed by atoms with Gasteiger partial charge in [0.1, 0.15) is 5.75 Å². The maximum absolute atomic E-state index is 14.2. The monoisotopic (exact) mass is 342 g/mol. The summed E-state index contributed by atoms with van der Waals surface area (Å²) in [5.74, 6) is 0.254. The van der Waals surface area contributed by atoms with E-state index in [1.807, 2.05) is 6.92 Å². The molecule has 1 atom stereocenters. The van der Waals surface area contributed by atoms with Crippen LogP contribution in [-0.4, -0.2) is 16.9 Å². The Kier molecular flexibility index (Phi) is 6.69. The topological polar surface area (TPSA) is 51.2 Å². The van der Waals surface area contributed by atoms with Crippen molar-refractivity contribution in [2.24, 2.45) is 5.92 Å². The van der Waals surface area contributed by atoms with Gasteiger partial charge in [-0.05, 0) is 48.2 Å². The van der Waals surface area contributed by atoms with Crippen LogP contribution in [-0.2, 0) is 4.79 Å². The Labute approximate surface area is 147 Å². The lowest BCUT2D eigenvalue weighted by atomic mass is 10.0. The highest BCUT2D eigenvalue weighted by atomic mass is 19.1. The number of rotatable bonds is 7. The zero-order chi connectivity index (χ0) is 18.2. The molecule has 1 amide bonds. The number of nitrogens with zero attached hydrogens (tertiary/aromatic N) is 1. The second-order valence-electron chi connectivity index (χ2n) is 6.08. The molecular formula is C20H23FN2O2. The van der Waals surface area contributed by atoms with Gasteiger partial charge in [0.05, 0.1) is 6.20 Å². The van der Waals surface area contributed by atoms with Gasteiger partial charge in [0.15, 0.2) is 11.6 Å². The van der Waals surface area contributed by atoms with Gasteiger partial charge >= 0.3 is 0 Å². The summed E-state index contributed by atoms with van der Waals surface area (Å²) in [6.45, 7) is 6.16. The van der Waals surface area contributed by atoms with Crippen LogP contribution in [0.4, 0.5) is 4.39 Å². The number of hydrogen-bond acceptors (Lipinski definition) is 3. The van der Waals surface area contributed by atoms with Crippen LogP contribution in [0.1, 0.15) is 32.8 Å². The number of nitrogens with one attached hydrogen (secondary N) is 1. The number of aromatic nitrogens is 1. The third-order valence-corrected chi connectivity index (χ3v) is 3.82. The minimum atomic E-state index is -0.500. The Morgan fingerprint density at radius 2 is 2.16 bits per heavy atom. The van der Waals surface area contributed by atoms with E-state index in [4.69, 9.17) is 4.74 Å². The van der Waals surface area contributed by atoms with Crippen LogP contribution < -0.4 is 10.1 Å². The molecule has 0 aliphatic carbocycles. The maximum atomic E-state index is 14.2. The van der Waals surface area contributed by atoms with E-state index in [2.05, 4.69) is 24.1 Å². The predicted molar refractivity (Wildman–Crippen MR) is 96.8 cm³/mol. The molecule has 0 saturated carbocycles. The summed E-state index contributed by atoms with van der Waals surface area (Å²) in [7, 11) is 0. The van der Waals surface area contributed by atoms with Crippen molar-refractivity contribution < 1.29 is 13.9 Å². The normalized spacial score (nSPS) is 12.4. The van der Waals surface area contributed by atoms with Crippen LogP contribution >= 0.6 is 0 Å². The lowest BCUT2D eigenvalue weighted by Crippen LogP contribution is -2.36. The number of amides is 1. The molecule has 0 radical (unpaired) electrons. The molecule has 0 aliphatic heterocycles. The fourth-order valence-electron chi connectivity index (χ4n) is 2.38. The van der Waals surface area contributed by atoms with Gasteiger partial charge in [0.2, 0.25) is 5.91 Å². The van der Waals surface area contributed by atoms with Gasteiger partial charge in [-0.2, -0.15) is 0 Å². The molecule has 0 spiro atoms. The van der Waals surface area contributed by atoms with E-state index in [1.165, 1.54) is 24.4 Å². The van der Waals surface area contributed by atoms with Gasteiger partial charge in [0, 0.05) is 18.3 Å². The summed E-state index contributed by atoms with van der Waals surface area (Å²) in [4.78, 5) is 15.9. The summed E-state index contributed by atoms with van der Waals surface area (Å²) in [6.07, 6.45) is 6.99. The average molecular weight is 342 g/mol. The van der Waals surface area contributed by atoms with Crippen LogP contribution in [0.3, 0.4) is 0 Å². The predicted octanol–water partition coefficient (Wildman–Crippen LogP) is 4.58. The van der Waals surface area contributed by atoms with E-state index in [1.54, 1.807) is 30.5 Å². The van der Waals surface area contributed by atoms with Crippen molar-refractivity contribution in [1.29, 1.82) is 0 Å². The van der Waals surface area contributed by atoms with Crippen molar-refractivity contribution in [2.45, 2.75) is 33.2 Å². The zero-order valence-electron chi connectivity index (χ0n) is 14.7. The van der Waals surface area contributed by atoms with Crippen LogP contribution in [0, 0.1) is 11.7 Å². The number of benzene rings is 1. The Balaban J connectivity index is 2.01. The fourth-order valence-corrected chi connectivity index (χ4v) is 2.38. The largest absolute Gasteiger partial charge is 0.453 e. The molecule has 0 saturated heterocycles. The van der Waals surface area contributed by atoms with Crippen LogP contribution in [0.25, 0.3) is 6.08 Å². The summed E-state index contributed by atoms with van der Waals surface area (Å²) in [6, 6.07) is 8.09. The molecular weight excluding hydrogens is 319 g/mol. The first-order chi connectivity index (χ1) is 12.0. The van der Waals surface area contributed by atoms with Gasteiger partial charge < -0.3 is 10.1 Å². The Morgan fingerprint density at radius 1 is 1.36 bits per heavy atom. The highest BCUT2D eigenvalue weighted by Crippen LogP contribution is 2.24. The number of halogens is 1. The summed E-state index contributed by atoms with van der Waals surface area (Å²) < 4.78 is 19.6. The number of hydrogen-bond donors (Lipinski definition) is 1. The van der Waals surface area contributed by atoms with E-state index in [-0.39, 0.29) is 17.7 Å². The Hall–Kier alpha value is -2.69. The van der Waals surface area contributed by atoms with Crippen molar-refractivity contribution in [3.63, 3.8) is 0 Å². The van der Waals surface area contributed by atoms with Crippen molar-refractivity contribution in [3.8, 4) is 11.5 Å². The molecule has 0 bridgehead atoms. The number of pyridine rings is 1. The molecule has 1 unspecified atom stereocenters. The molecule has 1 aromatic heterocycles. The van der Waals surface area contributed by atoms with Crippen molar-refractivity contribution in [2.75, 3.05) is 0 Å². The molecule has 1 N–H and O–H groups in total. The van der Waals surface area contributed by atoms with E-state index in [9.17, 15) is 9.18 Å². The minimum Gasteiger partial charge on any atom is -0.453 e. The molecule has 5 heteroatoms. The molecule has 1 aromatic carbocycles. The van der Waals surface area contributed by atoms with Gasteiger partial charge in [-0.3, -0.25) is 9.78 Å². The second kappa shape index (κ2) is 8.97. The SMILES string of the molecule is CCC(NC(=O)/C=C/c1ccc(Oc2cccnc2)c(F)c1)C(C)C. The van der Waals surface area contributed by atoms with E-state index in [0.29, 0.717) is 17.2 Å². The first kappa shape index (κ1) is 18.6. The van der Waals surface area contributed by atoms with Crippen LogP contribution in [0.5, 0.6) is 11.5 Å². The van der Waals surface area contributed by atoms with Crippen molar-refractivity contribution in [1.82, 2.24) is 10.3 Å². The molecule has 4 nitrogen and oxygen atoms in total. The summed E-state index contributed by atoms with van der Waals surface area (Å²) >= 11 is 0. The van der Waals surface area contributed by atoms with Gasteiger partial charge in [-0.25, -0.2) is 4.39 Å². The standard InChI is InChI=1S/C20H23FN2O2/c1-4-18(14(2)3)23-20(24)10-8-15-7-9-19(17(21)12-15)25-16-6-5-11-22-13-16/h5-14,18H,4H2,1-3H3,(H,23,24)/b10-8+. The number of carbonyl (C=O) groups is 1. The maximum Gasteiger partial charge on any atom is 0.244 e. The summed E-state index contributed by atoms with van der Waals surface area (Å²) in [5, 5.41) is 2.94. The van der Waals surface area contributed by atoms with E-state index >= 15 is 0 Å². The molecule has 25 heavy (non-hydrogen) atoms. The van der Waals surface area contributed by atoms with E-state index < -0.39 is 5.82 Å². The van der Waals surface area contributed by atoms with Crippen LogP contribution in [0.15, 0.2) is 48.8 Å². The lowest BCUT2D eigenvalue weighted by Gasteiger charge is -2.19. The molecule has 2 rings (SSSR count). The van der Waals surface area contributed by atoms with Gasteiger partial charge in [-0.1, -0.05) is 26.8 Å². The number of carbonyl (C=O) groups excluding carboxylic acids is 1. The average Bonchev–Trinajstić information content (AvgIpc) is 2.60. The van der Waals surface area contributed by atoms with Crippen molar-refractivity contribution in [3.05, 3.63) is 60.2 Å². The first-order valence-corrected chi connectivity index (χ1v) is 8.35. The smallest absolute Gasteiger partial charge is 0.244 e. The Morgan fingerprint density at radius 3 is 2.76 bits per heavy atom. The fraction of sp³-hybridized carbons (Fsp3) is 0.300.